The number of carbonyl (C=O) groups excluding carboxylic acids is 2. The van der Waals surface area contributed by atoms with Crippen LogP contribution in [0.1, 0.15) is 32.4 Å². The maximum absolute atomic E-state index is 12.2. The third-order valence-corrected chi connectivity index (χ3v) is 4.41. The van der Waals surface area contributed by atoms with E-state index in [2.05, 4.69) is 0 Å². The second kappa shape index (κ2) is 8.47. The molecule has 0 spiro atoms. The van der Waals surface area contributed by atoms with E-state index in [-0.39, 0.29) is 6.09 Å². The van der Waals surface area contributed by atoms with Gasteiger partial charge in [-0.05, 0) is 32.9 Å². The van der Waals surface area contributed by atoms with E-state index in [9.17, 15) is 14.7 Å². The molecule has 1 aliphatic heterocycles. The van der Waals surface area contributed by atoms with Gasteiger partial charge in [-0.2, -0.15) is 0 Å². The highest BCUT2D eigenvalue weighted by Crippen LogP contribution is 2.25. The molecule has 0 saturated carbocycles. The molecular formula is C19H28N2O6. The van der Waals surface area contributed by atoms with E-state index in [0.717, 1.165) is 4.90 Å². The number of carboxylic acid groups (broad SMARTS) is 1. The van der Waals surface area contributed by atoms with Crippen molar-refractivity contribution in [2.24, 2.45) is 0 Å². The summed E-state index contributed by atoms with van der Waals surface area (Å²) in [5.41, 5.74) is -0.0157. The summed E-state index contributed by atoms with van der Waals surface area (Å²) in [5.74, 6) is -0.143. The lowest BCUT2D eigenvalue weighted by Crippen LogP contribution is -3.16. The zero-order chi connectivity index (χ0) is 20.2. The molecule has 8 nitrogen and oxygen atoms in total. The van der Waals surface area contributed by atoms with Gasteiger partial charge >= 0.3 is 6.09 Å². The number of ether oxygens (including phenoxy) is 3. The molecular weight excluding hydrogens is 352 g/mol. The summed E-state index contributed by atoms with van der Waals surface area (Å²) in [6.45, 7) is 7.21. The number of hydrogen-bond donors (Lipinski definition) is 1. The van der Waals surface area contributed by atoms with Crippen molar-refractivity contribution in [3.05, 3.63) is 23.8 Å². The van der Waals surface area contributed by atoms with E-state index in [1.165, 1.54) is 14.2 Å². The molecule has 0 unspecified atom stereocenters. The topological polar surface area (TPSA) is 92.6 Å². The summed E-state index contributed by atoms with van der Waals surface area (Å²) >= 11 is 0. The van der Waals surface area contributed by atoms with Crippen molar-refractivity contribution in [3.63, 3.8) is 0 Å². The number of methoxy groups -OCH3 is 2. The zero-order valence-corrected chi connectivity index (χ0v) is 16.5. The van der Waals surface area contributed by atoms with Gasteiger partial charge < -0.3 is 29.0 Å². The third-order valence-electron chi connectivity index (χ3n) is 4.41. The monoisotopic (exact) mass is 380 g/mol. The number of nitrogens with zero attached hydrogens (tertiary/aromatic N) is 1. The Labute approximate surface area is 159 Å². The lowest BCUT2D eigenvalue weighted by atomic mass is 10.0. The Morgan fingerprint density at radius 2 is 1.59 bits per heavy atom. The van der Waals surface area contributed by atoms with Gasteiger partial charge in [-0.1, -0.05) is 0 Å². The van der Waals surface area contributed by atoms with Crippen molar-refractivity contribution in [1.82, 2.24) is 4.90 Å². The normalized spacial score (nSPS) is 16.6. The summed E-state index contributed by atoms with van der Waals surface area (Å²) in [7, 11) is 3.03. The van der Waals surface area contributed by atoms with Gasteiger partial charge in [0.1, 0.15) is 23.1 Å². The smallest absolute Gasteiger partial charge is 0.410 e. The molecule has 1 aromatic carbocycles. The molecule has 27 heavy (non-hydrogen) atoms. The van der Waals surface area contributed by atoms with E-state index in [4.69, 9.17) is 14.2 Å². The maximum atomic E-state index is 12.2. The second-order valence-corrected chi connectivity index (χ2v) is 7.52. The van der Waals surface area contributed by atoms with Crippen molar-refractivity contribution in [3.8, 4) is 11.5 Å². The van der Waals surface area contributed by atoms with Gasteiger partial charge in [0.05, 0.1) is 40.4 Å². The van der Waals surface area contributed by atoms with Crippen LogP contribution in [-0.2, 0) is 9.53 Å². The van der Waals surface area contributed by atoms with E-state index in [0.29, 0.717) is 43.2 Å². The number of amides is 1. The molecule has 0 aliphatic carbocycles. The largest absolute Gasteiger partial charge is 0.544 e. The van der Waals surface area contributed by atoms with Gasteiger partial charge in [0.25, 0.3) is 0 Å². The Hall–Kier alpha value is -2.48. The highest BCUT2D eigenvalue weighted by atomic mass is 16.6. The highest BCUT2D eigenvalue weighted by Gasteiger charge is 2.33. The van der Waals surface area contributed by atoms with Gasteiger partial charge in [-0.15, -0.1) is 0 Å². The van der Waals surface area contributed by atoms with E-state index in [1.54, 1.807) is 23.1 Å². The number of carboxylic acids is 1. The molecule has 0 bridgehead atoms. The summed E-state index contributed by atoms with van der Waals surface area (Å²) in [4.78, 5) is 26.5. The Morgan fingerprint density at radius 1 is 1.07 bits per heavy atom. The van der Waals surface area contributed by atoms with Crippen molar-refractivity contribution in [2.75, 3.05) is 40.4 Å². The number of aliphatic carboxylic acids is 1. The third kappa shape index (κ3) is 5.50. The Morgan fingerprint density at radius 3 is 2.00 bits per heavy atom. The maximum Gasteiger partial charge on any atom is 0.410 e. The first-order valence-electron chi connectivity index (χ1n) is 8.91. The fraction of sp³-hybridized carbons (Fsp3) is 0.579. The van der Waals surface area contributed by atoms with Crippen LogP contribution in [0.2, 0.25) is 0 Å². The molecule has 1 aromatic rings. The molecule has 0 aromatic heterocycles. The Kier molecular flexibility index (Phi) is 6.54. The van der Waals surface area contributed by atoms with Crippen molar-refractivity contribution >= 4 is 12.1 Å². The molecule has 2 rings (SSSR count). The predicted octanol–water partition coefficient (Wildman–Crippen LogP) is -0.370. The molecule has 1 fully saturated rings. The lowest BCUT2D eigenvalue weighted by molar-refractivity contribution is -0.928. The molecule has 1 saturated heterocycles. The van der Waals surface area contributed by atoms with E-state index >= 15 is 0 Å². The van der Waals surface area contributed by atoms with Crippen molar-refractivity contribution in [1.29, 1.82) is 0 Å². The number of rotatable bonds is 5. The summed E-state index contributed by atoms with van der Waals surface area (Å²) in [6, 6.07) is 4.16. The molecule has 150 valence electrons. The number of nitrogens with one attached hydrogen (secondary N) is 1. The number of carbonyl (C=O) groups is 2. The Balaban J connectivity index is 2.14. The number of quaternary nitrogens is 1. The van der Waals surface area contributed by atoms with Crippen LogP contribution >= 0.6 is 0 Å². The van der Waals surface area contributed by atoms with Gasteiger partial charge in [0.15, 0.2) is 6.04 Å². The second-order valence-electron chi connectivity index (χ2n) is 7.52. The SMILES string of the molecule is COc1cc(OC)cc([C@H](C(=O)[O-])[NH+]2CCN(C(=O)OC(C)(C)C)CC2)c1. The van der Waals surface area contributed by atoms with E-state index < -0.39 is 17.6 Å². The van der Waals surface area contributed by atoms with Crippen molar-refractivity contribution in [2.45, 2.75) is 32.4 Å². The minimum atomic E-state index is -1.17. The van der Waals surface area contributed by atoms with Crippen LogP contribution in [0.5, 0.6) is 11.5 Å². The minimum Gasteiger partial charge on any atom is -0.544 e. The van der Waals surface area contributed by atoms with Crippen molar-refractivity contribution < 1.29 is 33.8 Å². The highest BCUT2D eigenvalue weighted by molar-refractivity contribution is 5.72. The van der Waals surface area contributed by atoms with E-state index in [1.807, 2.05) is 20.8 Å². The number of benzene rings is 1. The molecule has 1 heterocycles. The van der Waals surface area contributed by atoms with Gasteiger partial charge in [0, 0.05) is 11.6 Å². The summed E-state index contributed by atoms with van der Waals surface area (Å²) in [6.07, 6.45) is -0.380. The summed E-state index contributed by atoms with van der Waals surface area (Å²) in [5, 5.41) is 11.9. The predicted molar refractivity (Wildman–Crippen MR) is 95.8 cm³/mol. The fourth-order valence-electron chi connectivity index (χ4n) is 3.13. The average Bonchev–Trinajstić information content (AvgIpc) is 2.60. The zero-order valence-electron chi connectivity index (χ0n) is 16.5. The van der Waals surface area contributed by atoms with Crippen LogP contribution in [0.15, 0.2) is 18.2 Å². The number of piperazine rings is 1. The van der Waals surface area contributed by atoms with Crippen LogP contribution in [0, 0.1) is 0 Å². The first kappa shape index (κ1) is 20.8. The molecule has 1 atom stereocenters. The fourth-order valence-corrected chi connectivity index (χ4v) is 3.13. The standard InChI is InChI=1S/C19H28N2O6/c1-19(2,3)27-18(24)21-8-6-20(7-9-21)16(17(22)23)13-10-14(25-4)12-15(11-13)26-5/h10-12,16H,6-9H2,1-5H3,(H,22,23)/t16-/m1/s1. The van der Waals surface area contributed by atoms with Crippen LogP contribution in [0.3, 0.4) is 0 Å². The lowest BCUT2D eigenvalue weighted by Gasteiger charge is -2.37. The molecule has 0 radical (unpaired) electrons. The number of hydrogen-bond acceptors (Lipinski definition) is 6. The molecule has 1 aliphatic rings. The minimum absolute atomic E-state index is 0.380. The summed E-state index contributed by atoms with van der Waals surface area (Å²) < 4.78 is 15.9. The van der Waals surface area contributed by atoms with Crippen LogP contribution in [0.4, 0.5) is 4.79 Å². The quantitative estimate of drug-likeness (QED) is 0.749. The van der Waals surface area contributed by atoms with Gasteiger partial charge in [-0.25, -0.2) is 4.79 Å². The van der Waals surface area contributed by atoms with Crippen LogP contribution in [-0.4, -0.2) is 63.0 Å². The van der Waals surface area contributed by atoms with Crippen LogP contribution < -0.4 is 19.5 Å². The van der Waals surface area contributed by atoms with Gasteiger partial charge in [-0.3, -0.25) is 4.90 Å². The Bertz CT molecular complexity index is 655. The molecule has 1 amide bonds. The van der Waals surface area contributed by atoms with Crippen LogP contribution in [0.25, 0.3) is 0 Å². The molecule has 8 heteroatoms. The first-order chi connectivity index (χ1) is 12.6. The molecule has 1 N–H and O–H groups in total. The van der Waals surface area contributed by atoms with Gasteiger partial charge in [0.2, 0.25) is 0 Å². The average molecular weight is 380 g/mol. The first-order valence-corrected chi connectivity index (χ1v) is 8.91.